The summed E-state index contributed by atoms with van der Waals surface area (Å²) >= 11 is 2.89. The third-order valence-electron chi connectivity index (χ3n) is 10.7. The Kier molecular flexibility index (Phi) is 7.17. The fourth-order valence-corrected chi connectivity index (χ4v) is 11.6. The van der Waals surface area contributed by atoms with Crippen molar-refractivity contribution in [2.24, 2.45) is 29.6 Å². The number of nitrogens with one attached hydrogen (secondary N) is 2. The maximum Gasteiger partial charge on any atom is 0.305 e. The van der Waals surface area contributed by atoms with Crippen molar-refractivity contribution in [1.29, 1.82) is 0 Å². The van der Waals surface area contributed by atoms with Gasteiger partial charge in [-0.25, -0.2) is 0 Å². The molecule has 246 valence electrons. The van der Waals surface area contributed by atoms with Gasteiger partial charge >= 0.3 is 4.87 Å². The second kappa shape index (κ2) is 11.6. The Morgan fingerprint density at radius 1 is 0.878 bits per heavy atom. The second-order valence-electron chi connectivity index (χ2n) is 13.1. The summed E-state index contributed by atoms with van der Waals surface area (Å²) in [5, 5.41) is 6.00. The van der Waals surface area contributed by atoms with E-state index in [0.717, 1.165) is 32.7 Å². The minimum absolute atomic E-state index is 0.0114. The van der Waals surface area contributed by atoms with E-state index in [9.17, 15) is 19.2 Å². The van der Waals surface area contributed by atoms with Crippen molar-refractivity contribution in [3.63, 3.8) is 0 Å². The minimum Gasteiger partial charge on any atom is -0.497 e. The van der Waals surface area contributed by atoms with Gasteiger partial charge < -0.3 is 19.8 Å². The number of methoxy groups -OCH3 is 1. The number of rotatable bonds is 7. The number of hydrogen-bond donors (Lipinski definition) is 2. The maximum absolute atomic E-state index is 14.0. The lowest BCUT2D eigenvalue weighted by Gasteiger charge is -2.43. The maximum atomic E-state index is 14.0. The largest absolute Gasteiger partial charge is 0.497 e. The fraction of sp³-hybridized carbons (Fsp3) is 0.263. The van der Waals surface area contributed by atoms with Gasteiger partial charge in [0.1, 0.15) is 11.5 Å². The number of fused-ring (bicyclic) bond motifs is 10. The van der Waals surface area contributed by atoms with Crippen molar-refractivity contribution < 1.29 is 23.9 Å². The number of amides is 3. The Bertz CT molecular complexity index is 2200. The summed E-state index contributed by atoms with van der Waals surface area (Å²) in [5.41, 5.74) is 2.30. The molecule has 3 amide bonds. The Morgan fingerprint density at radius 2 is 1.59 bits per heavy atom. The molecule has 2 saturated carbocycles. The predicted octanol–water partition coefficient (Wildman–Crippen LogP) is 6.29. The van der Waals surface area contributed by atoms with Gasteiger partial charge in [0.25, 0.3) is 5.91 Å². The number of carbonyl (C=O) groups is 3. The predicted molar refractivity (Wildman–Crippen MR) is 188 cm³/mol. The van der Waals surface area contributed by atoms with Gasteiger partial charge in [-0.05, 0) is 89.0 Å². The summed E-state index contributed by atoms with van der Waals surface area (Å²) in [7, 11) is 1.58. The van der Waals surface area contributed by atoms with E-state index in [1.54, 1.807) is 43.1 Å². The standard InChI is InChI=1S/C38H31N3O6S2/c1-46-24-14-10-23(11-15-24)41-36(43)31-26-17-27(32(31)37(41)44)33-30(26)29(34-35(48-33)40-38(45)49-34)20-7-12-25(13-8-20)47-18-28(42)39-22-9-6-19-4-2-3-5-21(19)16-22/h2-16,26-27,29-33H,17-18H2,1H3,(H,39,42)(H,40,45)/t26?,27?,29-,30?,31?,32?,33?/m1/s1. The van der Waals surface area contributed by atoms with Crippen molar-refractivity contribution in [3.05, 3.63) is 111 Å². The molecule has 7 atom stereocenters. The van der Waals surface area contributed by atoms with Crippen LogP contribution >= 0.6 is 23.1 Å². The number of ether oxygens (including phenoxy) is 2. The van der Waals surface area contributed by atoms with Gasteiger partial charge in [0, 0.05) is 21.7 Å². The molecule has 9 rings (SSSR count). The number of aromatic nitrogens is 1. The topological polar surface area (TPSA) is 118 Å². The highest BCUT2D eigenvalue weighted by molar-refractivity contribution is 8.00. The van der Waals surface area contributed by atoms with Crippen LogP contribution in [0.3, 0.4) is 0 Å². The van der Waals surface area contributed by atoms with E-state index < -0.39 is 0 Å². The summed E-state index contributed by atoms with van der Waals surface area (Å²) in [6, 6.07) is 28.5. The van der Waals surface area contributed by atoms with Crippen molar-refractivity contribution in [2.75, 3.05) is 23.9 Å². The lowest BCUT2D eigenvalue weighted by molar-refractivity contribution is -0.123. The molecule has 1 saturated heterocycles. The normalized spacial score (nSPS) is 26.4. The lowest BCUT2D eigenvalue weighted by Crippen LogP contribution is -2.42. The molecule has 0 radical (unpaired) electrons. The van der Waals surface area contributed by atoms with E-state index in [1.807, 2.05) is 66.7 Å². The van der Waals surface area contributed by atoms with Gasteiger partial charge in [0.05, 0.1) is 29.7 Å². The molecule has 3 heterocycles. The molecular weight excluding hydrogens is 659 g/mol. The highest BCUT2D eigenvalue weighted by Gasteiger charge is 2.69. The smallest absolute Gasteiger partial charge is 0.305 e. The van der Waals surface area contributed by atoms with E-state index >= 15 is 0 Å². The minimum atomic E-state index is -0.384. The van der Waals surface area contributed by atoms with Gasteiger partial charge in [-0.1, -0.05) is 53.8 Å². The van der Waals surface area contributed by atoms with Crippen LogP contribution in [0.15, 0.2) is 101 Å². The number of benzene rings is 4. The van der Waals surface area contributed by atoms with Gasteiger partial charge in [-0.3, -0.25) is 24.1 Å². The molecule has 4 aromatic carbocycles. The van der Waals surface area contributed by atoms with Crippen LogP contribution in [-0.2, 0) is 14.4 Å². The highest BCUT2D eigenvalue weighted by atomic mass is 32.2. The summed E-state index contributed by atoms with van der Waals surface area (Å²) in [6.45, 7) is -0.145. The lowest BCUT2D eigenvalue weighted by atomic mass is 9.68. The SMILES string of the molecule is COc1ccc(N2C(=O)C3C4CC(C3C2=O)C2C4Sc3[nH]c(=O)sc3[C@@H]2c2ccc(OCC(=O)Nc3ccc4ccccc4c3)cc2)cc1. The molecule has 6 unspecified atom stereocenters. The Morgan fingerprint density at radius 3 is 2.35 bits per heavy atom. The molecule has 1 aromatic heterocycles. The summed E-state index contributed by atoms with van der Waals surface area (Å²) < 4.78 is 11.1. The van der Waals surface area contributed by atoms with Crippen LogP contribution < -0.4 is 24.6 Å². The third kappa shape index (κ3) is 4.89. The van der Waals surface area contributed by atoms with E-state index in [4.69, 9.17) is 9.47 Å². The fourth-order valence-electron chi connectivity index (χ4n) is 8.76. The summed E-state index contributed by atoms with van der Waals surface area (Å²) in [6.07, 6.45) is 0.814. The first kappa shape index (κ1) is 30.2. The van der Waals surface area contributed by atoms with Crippen molar-refractivity contribution in [3.8, 4) is 11.5 Å². The van der Waals surface area contributed by atoms with Crippen molar-refractivity contribution in [1.82, 2.24) is 4.98 Å². The zero-order chi connectivity index (χ0) is 33.4. The monoisotopic (exact) mass is 689 g/mol. The first-order chi connectivity index (χ1) is 23.9. The summed E-state index contributed by atoms with van der Waals surface area (Å²) in [5.74, 6) is -0.0221. The molecule has 2 aliphatic carbocycles. The third-order valence-corrected chi connectivity index (χ3v) is 13.3. The van der Waals surface area contributed by atoms with Crippen LogP contribution in [0.25, 0.3) is 10.8 Å². The van der Waals surface area contributed by atoms with Gasteiger partial charge in [-0.2, -0.15) is 0 Å². The number of anilines is 2. The van der Waals surface area contributed by atoms with Crippen LogP contribution in [0.2, 0.25) is 0 Å². The molecular formula is C38H31N3O6S2. The van der Waals surface area contributed by atoms with E-state index in [2.05, 4.69) is 10.3 Å². The number of thiazole rings is 1. The van der Waals surface area contributed by atoms with Crippen molar-refractivity contribution >= 4 is 63.0 Å². The number of imide groups is 1. The zero-order valence-electron chi connectivity index (χ0n) is 26.3. The highest BCUT2D eigenvalue weighted by Crippen LogP contribution is 2.68. The Balaban J connectivity index is 0.952. The first-order valence-electron chi connectivity index (χ1n) is 16.3. The van der Waals surface area contributed by atoms with Crippen LogP contribution in [0.4, 0.5) is 11.4 Å². The molecule has 4 aliphatic rings. The van der Waals surface area contributed by atoms with Crippen LogP contribution in [-0.4, -0.2) is 41.7 Å². The summed E-state index contributed by atoms with van der Waals surface area (Å²) in [4.78, 5) is 58.6. The van der Waals surface area contributed by atoms with E-state index in [1.165, 1.54) is 16.2 Å². The zero-order valence-corrected chi connectivity index (χ0v) is 28.0. The number of aromatic amines is 1. The molecule has 9 nitrogen and oxygen atoms in total. The van der Waals surface area contributed by atoms with Crippen LogP contribution in [0, 0.1) is 29.6 Å². The van der Waals surface area contributed by atoms with E-state index in [0.29, 0.717) is 22.9 Å². The molecule has 2 aliphatic heterocycles. The number of nitrogens with zero attached hydrogens (tertiary/aromatic N) is 1. The van der Waals surface area contributed by atoms with Crippen molar-refractivity contribution in [2.45, 2.75) is 22.6 Å². The van der Waals surface area contributed by atoms with Crippen LogP contribution in [0.1, 0.15) is 22.8 Å². The second-order valence-corrected chi connectivity index (χ2v) is 15.3. The first-order valence-corrected chi connectivity index (χ1v) is 18.0. The Hall–Kier alpha value is -4.87. The van der Waals surface area contributed by atoms with Gasteiger partial charge in [0.2, 0.25) is 11.8 Å². The number of thioether (sulfide) groups is 1. The van der Waals surface area contributed by atoms with Gasteiger partial charge in [0.15, 0.2) is 6.61 Å². The average Bonchev–Trinajstić information content (AvgIpc) is 3.86. The molecule has 2 N–H and O–H groups in total. The molecule has 11 heteroatoms. The van der Waals surface area contributed by atoms with Crippen LogP contribution in [0.5, 0.6) is 11.5 Å². The molecule has 5 aromatic rings. The van der Waals surface area contributed by atoms with E-state index in [-0.39, 0.29) is 70.0 Å². The molecule has 0 spiro atoms. The number of hydrogen-bond acceptors (Lipinski definition) is 8. The number of carbonyl (C=O) groups excluding carboxylic acids is 3. The quantitative estimate of drug-likeness (QED) is 0.193. The average molecular weight is 690 g/mol. The van der Waals surface area contributed by atoms with Gasteiger partial charge in [-0.15, -0.1) is 11.8 Å². The molecule has 2 bridgehead atoms. The Labute approximate surface area is 289 Å². The molecule has 3 fully saturated rings. The number of H-pyrrole nitrogens is 1. The molecule has 49 heavy (non-hydrogen) atoms.